The highest BCUT2D eigenvalue weighted by atomic mass is 16.5. The fourth-order valence-corrected chi connectivity index (χ4v) is 6.46. The quantitative estimate of drug-likeness (QED) is 0.385. The van der Waals surface area contributed by atoms with Crippen molar-refractivity contribution >= 4 is 23.2 Å². The van der Waals surface area contributed by atoms with Crippen LogP contribution in [0.2, 0.25) is 0 Å². The zero-order valence-electron chi connectivity index (χ0n) is 21.5. The molecule has 0 spiro atoms. The average Bonchev–Trinajstić information content (AvgIpc) is 3.10. The number of rotatable bonds is 9. The zero-order chi connectivity index (χ0) is 26.0. The van der Waals surface area contributed by atoms with Crippen molar-refractivity contribution < 1.29 is 19.4 Å². The number of amides is 1. The molecule has 1 aliphatic heterocycles. The Hall–Kier alpha value is -3.22. The van der Waals surface area contributed by atoms with E-state index in [0.717, 1.165) is 11.8 Å². The van der Waals surface area contributed by atoms with E-state index in [9.17, 15) is 14.7 Å². The molecular weight excluding hydrogens is 452 g/mol. The van der Waals surface area contributed by atoms with Crippen molar-refractivity contribution in [2.24, 2.45) is 0 Å². The van der Waals surface area contributed by atoms with Crippen molar-refractivity contribution in [3.8, 4) is 0 Å². The van der Waals surface area contributed by atoms with Crippen LogP contribution < -0.4 is 5.32 Å². The number of benzene rings is 3. The maximum absolute atomic E-state index is 12.5. The minimum Gasteiger partial charge on any atom is -0.465 e. The lowest BCUT2D eigenvalue weighted by atomic mass is 9.61. The average molecular weight is 489 g/mol. The van der Waals surface area contributed by atoms with Gasteiger partial charge in [-0.2, -0.15) is 0 Å². The smallest absolute Gasteiger partial charge is 0.407 e. The number of methoxy groups -OCH3 is 1. The molecule has 3 aromatic rings. The van der Waals surface area contributed by atoms with E-state index in [0.29, 0.717) is 19.4 Å². The highest BCUT2D eigenvalue weighted by Gasteiger charge is 2.69. The van der Waals surface area contributed by atoms with Gasteiger partial charge in [0.1, 0.15) is 11.9 Å². The number of fused-ring (bicyclic) bond motifs is 1. The Balaban J connectivity index is 1.81. The molecule has 190 valence electrons. The molecule has 6 heteroatoms. The van der Waals surface area contributed by atoms with E-state index in [4.69, 9.17) is 4.74 Å². The molecule has 0 saturated carbocycles. The fourth-order valence-electron chi connectivity index (χ4n) is 6.46. The maximum Gasteiger partial charge on any atom is 0.407 e. The molecule has 1 amide bonds. The second-order valence-electron chi connectivity index (χ2n) is 10.3. The summed E-state index contributed by atoms with van der Waals surface area (Å²) in [6.07, 6.45) is 0.703. The summed E-state index contributed by atoms with van der Waals surface area (Å²) in [4.78, 5) is 25.6. The number of nitrogens with one attached hydrogen (secondary N) is 1. The van der Waals surface area contributed by atoms with E-state index >= 15 is 0 Å². The molecule has 4 rings (SSSR count). The molecule has 1 aliphatic rings. The standard InChI is InChI=1S/C30H36N2O4/c1-22(25-17-10-13-23-12-8-9-16-26(23)25)31-20-30(36-4)28(2,3)32(27(34)35)21-29(30,18-11-19-33)24-14-6-5-7-15-24/h5-10,12-17,19,22,31H,11,18,20-21H2,1-4H3,(H,34,35)/t22-,29-,30+/m1/s1. The number of nitrogens with zero attached hydrogens (tertiary/aromatic N) is 1. The number of carbonyl (C=O) groups excluding carboxylic acids is 1. The van der Waals surface area contributed by atoms with E-state index < -0.39 is 22.6 Å². The normalized spacial score (nSPS) is 24.1. The predicted octanol–water partition coefficient (Wildman–Crippen LogP) is 5.56. The minimum absolute atomic E-state index is 0.0163. The summed E-state index contributed by atoms with van der Waals surface area (Å²) < 4.78 is 6.45. The lowest BCUT2D eigenvalue weighted by molar-refractivity contribution is -0.114. The first kappa shape index (κ1) is 25.9. The molecule has 0 radical (unpaired) electrons. The van der Waals surface area contributed by atoms with Crippen LogP contribution in [0.15, 0.2) is 72.8 Å². The minimum atomic E-state index is -0.993. The Morgan fingerprint density at radius 1 is 1.08 bits per heavy atom. The van der Waals surface area contributed by atoms with Crippen LogP contribution in [0, 0.1) is 0 Å². The molecule has 1 fully saturated rings. The Morgan fingerprint density at radius 3 is 2.42 bits per heavy atom. The first-order valence-corrected chi connectivity index (χ1v) is 12.5. The van der Waals surface area contributed by atoms with Crippen LogP contribution in [-0.4, -0.2) is 53.7 Å². The van der Waals surface area contributed by atoms with Crippen molar-refractivity contribution in [3.05, 3.63) is 83.9 Å². The Bertz CT molecular complexity index is 1220. The van der Waals surface area contributed by atoms with Crippen molar-refractivity contribution in [3.63, 3.8) is 0 Å². The SMILES string of the molecule is CO[C@@]1(CN[C@H](C)c2cccc3ccccc23)C(C)(C)N(C(=O)O)C[C@]1(CCC=O)c1ccccc1. The predicted molar refractivity (Wildman–Crippen MR) is 142 cm³/mol. The van der Waals surface area contributed by atoms with Crippen LogP contribution in [-0.2, 0) is 14.9 Å². The lowest BCUT2D eigenvalue weighted by Crippen LogP contribution is -2.66. The topological polar surface area (TPSA) is 78.9 Å². The highest BCUT2D eigenvalue weighted by molar-refractivity contribution is 5.86. The van der Waals surface area contributed by atoms with Gasteiger partial charge in [0.15, 0.2) is 0 Å². The summed E-state index contributed by atoms with van der Waals surface area (Å²) in [5.74, 6) is 0. The van der Waals surface area contributed by atoms with Gasteiger partial charge in [0.05, 0.1) is 5.54 Å². The third-order valence-electron chi connectivity index (χ3n) is 8.41. The summed E-state index contributed by atoms with van der Waals surface area (Å²) in [7, 11) is 1.66. The molecule has 0 aromatic heterocycles. The molecule has 6 nitrogen and oxygen atoms in total. The molecule has 3 aromatic carbocycles. The second kappa shape index (κ2) is 10.0. The first-order valence-electron chi connectivity index (χ1n) is 12.5. The van der Waals surface area contributed by atoms with E-state index in [-0.39, 0.29) is 12.6 Å². The number of carbonyl (C=O) groups is 2. The highest BCUT2D eigenvalue weighted by Crippen LogP contribution is 2.55. The number of carboxylic acid groups (broad SMARTS) is 1. The van der Waals surface area contributed by atoms with Crippen LogP contribution in [0.5, 0.6) is 0 Å². The Kier molecular flexibility index (Phi) is 7.21. The summed E-state index contributed by atoms with van der Waals surface area (Å²) in [6.45, 7) is 6.63. The van der Waals surface area contributed by atoms with Gasteiger partial charge >= 0.3 is 6.09 Å². The molecule has 2 N–H and O–H groups in total. The van der Waals surface area contributed by atoms with Gasteiger partial charge in [-0.1, -0.05) is 72.8 Å². The van der Waals surface area contributed by atoms with Crippen LogP contribution in [0.25, 0.3) is 10.8 Å². The van der Waals surface area contributed by atoms with Gasteiger partial charge < -0.3 is 20.0 Å². The largest absolute Gasteiger partial charge is 0.465 e. The summed E-state index contributed by atoms with van der Waals surface area (Å²) in [6, 6.07) is 24.5. The van der Waals surface area contributed by atoms with E-state index in [1.807, 2.05) is 56.3 Å². The number of ether oxygens (including phenoxy) is 1. The molecule has 1 saturated heterocycles. The third-order valence-corrected chi connectivity index (χ3v) is 8.41. The van der Waals surface area contributed by atoms with Gasteiger partial charge in [-0.3, -0.25) is 4.90 Å². The third kappa shape index (κ3) is 3.98. The van der Waals surface area contributed by atoms with Crippen molar-refractivity contribution in [1.29, 1.82) is 0 Å². The molecule has 36 heavy (non-hydrogen) atoms. The molecule has 1 heterocycles. The fraction of sp³-hybridized carbons (Fsp3) is 0.400. The number of hydrogen-bond donors (Lipinski definition) is 2. The van der Waals surface area contributed by atoms with E-state index in [1.54, 1.807) is 7.11 Å². The van der Waals surface area contributed by atoms with Crippen LogP contribution in [0.1, 0.15) is 50.8 Å². The van der Waals surface area contributed by atoms with E-state index in [1.165, 1.54) is 21.2 Å². The zero-order valence-corrected chi connectivity index (χ0v) is 21.5. The molecule has 3 atom stereocenters. The van der Waals surface area contributed by atoms with Gasteiger partial charge in [-0.05, 0) is 49.1 Å². The van der Waals surface area contributed by atoms with Crippen LogP contribution in [0.3, 0.4) is 0 Å². The Morgan fingerprint density at radius 2 is 1.75 bits per heavy atom. The van der Waals surface area contributed by atoms with Crippen molar-refractivity contribution in [2.45, 2.75) is 56.2 Å². The van der Waals surface area contributed by atoms with Gasteiger partial charge in [0.25, 0.3) is 0 Å². The second-order valence-corrected chi connectivity index (χ2v) is 10.3. The number of likely N-dealkylation sites (tertiary alicyclic amines) is 1. The van der Waals surface area contributed by atoms with Gasteiger partial charge in [-0.15, -0.1) is 0 Å². The molecular formula is C30H36N2O4. The summed E-state index contributed by atoms with van der Waals surface area (Å²) >= 11 is 0. The Labute approximate surface area is 213 Å². The van der Waals surface area contributed by atoms with Crippen LogP contribution in [0.4, 0.5) is 4.79 Å². The van der Waals surface area contributed by atoms with Gasteiger partial charge in [0.2, 0.25) is 0 Å². The van der Waals surface area contributed by atoms with Crippen molar-refractivity contribution in [1.82, 2.24) is 10.2 Å². The monoisotopic (exact) mass is 488 g/mol. The lowest BCUT2D eigenvalue weighted by Gasteiger charge is -2.51. The maximum atomic E-state index is 12.5. The van der Waals surface area contributed by atoms with E-state index in [2.05, 4.69) is 42.6 Å². The van der Waals surface area contributed by atoms with Crippen molar-refractivity contribution in [2.75, 3.05) is 20.2 Å². The first-order chi connectivity index (χ1) is 17.2. The molecule has 0 bridgehead atoms. The van der Waals surface area contributed by atoms with Gasteiger partial charge in [0, 0.05) is 38.1 Å². The molecule has 0 aliphatic carbocycles. The van der Waals surface area contributed by atoms with Gasteiger partial charge in [-0.25, -0.2) is 4.79 Å². The number of hydrogen-bond acceptors (Lipinski definition) is 4. The van der Waals surface area contributed by atoms with Crippen LogP contribution >= 0.6 is 0 Å². The summed E-state index contributed by atoms with van der Waals surface area (Å²) in [5.41, 5.74) is -0.398. The summed E-state index contributed by atoms with van der Waals surface area (Å²) in [5, 5.41) is 16.3. The molecule has 0 unspecified atom stereocenters. The number of aldehydes is 1.